The number of nitrogens with zero attached hydrogens (tertiary/aromatic N) is 1. The first-order chi connectivity index (χ1) is 11.3. The molecule has 1 aromatic carbocycles. The van der Waals surface area contributed by atoms with Gasteiger partial charge in [-0.2, -0.15) is 0 Å². The minimum Gasteiger partial charge on any atom is -0.493 e. The van der Waals surface area contributed by atoms with Gasteiger partial charge in [-0.1, -0.05) is 12.1 Å². The van der Waals surface area contributed by atoms with E-state index in [1.165, 1.54) is 11.1 Å². The zero-order chi connectivity index (χ0) is 16.3. The molecule has 2 rings (SSSR count). The Morgan fingerprint density at radius 3 is 3.04 bits per heavy atom. The second-order valence-corrected chi connectivity index (χ2v) is 5.53. The molecule has 0 bridgehead atoms. The van der Waals surface area contributed by atoms with E-state index >= 15 is 0 Å². The fourth-order valence-corrected chi connectivity index (χ4v) is 2.56. The van der Waals surface area contributed by atoms with Gasteiger partial charge in [0.2, 0.25) is 0 Å². The molecule has 0 spiro atoms. The molecule has 0 amide bonds. The minimum absolute atomic E-state index is 0.772. The SMILES string of the molecule is CCNC(=NCCCOCC)NCCc1ccc2c(c1)CCO2. The molecule has 128 valence electrons. The number of hydrogen-bond donors (Lipinski definition) is 2. The fraction of sp³-hybridized carbons (Fsp3) is 0.611. The second-order valence-electron chi connectivity index (χ2n) is 5.53. The van der Waals surface area contributed by atoms with Crippen molar-refractivity contribution in [3.63, 3.8) is 0 Å². The first kappa shape index (κ1) is 17.6. The Kier molecular flexibility index (Phi) is 7.73. The molecule has 1 aromatic rings. The van der Waals surface area contributed by atoms with E-state index in [0.29, 0.717) is 0 Å². The van der Waals surface area contributed by atoms with E-state index in [4.69, 9.17) is 9.47 Å². The molecule has 5 nitrogen and oxygen atoms in total. The quantitative estimate of drug-likeness (QED) is 0.416. The minimum atomic E-state index is 0.772. The topological polar surface area (TPSA) is 54.9 Å². The lowest BCUT2D eigenvalue weighted by atomic mass is 10.1. The molecule has 2 N–H and O–H groups in total. The number of aliphatic imine (C=N–C) groups is 1. The Labute approximate surface area is 139 Å². The zero-order valence-electron chi connectivity index (χ0n) is 14.4. The molecule has 23 heavy (non-hydrogen) atoms. The number of fused-ring (bicyclic) bond motifs is 1. The van der Waals surface area contributed by atoms with Crippen LogP contribution in [0.25, 0.3) is 0 Å². The Balaban J connectivity index is 1.74. The van der Waals surface area contributed by atoms with Gasteiger partial charge in [-0.15, -0.1) is 0 Å². The molecule has 1 aliphatic rings. The molecular formula is C18H29N3O2. The lowest BCUT2D eigenvalue weighted by molar-refractivity contribution is 0.146. The Hall–Kier alpha value is -1.75. The lowest BCUT2D eigenvalue weighted by Gasteiger charge is -2.11. The summed E-state index contributed by atoms with van der Waals surface area (Å²) in [4.78, 5) is 4.57. The summed E-state index contributed by atoms with van der Waals surface area (Å²) < 4.78 is 10.9. The highest BCUT2D eigenvalue weighted by Gasteiger charge is 2.11. The molecule has 0 unspecified atom stereocenters. The monoisotopic (exact) mass is 319 g/mol. The molecule has 0 aromatic heterocycles. The number of guanidine groups is 1. The van der Waals surface area contributed by atoms with Crippen molar-refractivity contribution in [2.75, 3.05) is 39.5 Å². The van der Waals surface area contributed by atoms with Crippen molar-refractivity contribution in [2.45, 2.75) is 33.1 Å². The molecular weight excluding hydrogens is 290 g/mol. The number of rotatable bonds is 9. The van der Waals surface area contributed by atoms with Crippen LogP contribution in [-0.2, 0) is 17.6 Å². The molecule has 0 saturated heterocycles. The summed E-state index contributed by atoms with van der Waals surface area (Å²) in [6.07, 6.45) is 2.96. The molecule has 0 aliphatic carbocycles. The van der Waals surface area contributed by atoms with Crippen molar-refractivity contribution in [2.24, 2.45) is 4.99 Å². The number of hydrogen-bond acceptors (Lipinski definition) is 3. The lowest BCUT2D eigenvalue weighted by Crippen LogP contribution is -2.38. The number of ether oxygens (including phenoxy) is 2. The number of nitrogens with one attached hydrogen (secondary N) is 2. The zero-order valence-corrected chi connectivity index (χ0v) is 14.4. The van der Waals surface area contributed by atoms with Gasteiger partial charge in [-0.25, -0.2) is 0 Å². The highest BCUT2D eigenvalue weighted by atomic mass is 16.5. The smallest absolute Gasteiger partial charge is 0.191 e. The standard InChI is InChI=1S/C18H29N3O2/c1-3-19-18(20-10-5-12-22-4-2)21-11-8-15-6-7-17-16(14-15)9-13-23-17/h6-7,14H,3-5,8-13H2,1-2H3,(H2,19,20,21). The van der Waals surface area contributed by atoms with Crippen LogP contribution in [0.1, 0.15) is 31.4 Å². The average molecular weight is 319 g/mol. The maximum absolute atomic E-state index is 5.55. The Bertz CT molecular complexity index is 503. The normalized spacial score (nSPS) is 13.6. The fourth-order valence-electron chi connectivity index (χ4n) is 2.56. The van der Waals surface area contributed by atoms with Gasteiger partial charge in [0.25, 0.3) is 0 Å². The van der Waals surface area contributed by atoms with Crippen molar-refractivity contribution in [3.8, 4) is 5.75 Å². The molecule has 0 radical (unpaired) electrons. The summed E-state index contributed by atoms with van der Waals surface area (Å²) in [5.74, 6) is 1.93. The second kappa shape index (κ2) is 10.1. The van der Waals surface area contributed by atoms with Gasteiger partial charge in [0.1, 0.15) is 5.75 Å². The third kappa shape index (κ3) is 6.10. The van der Waals surface area contributed by atoms with Crippen molar-refractivity contribution >= 4 is 5.96 Å². The summed E-state index contributed by atoms with van der Waals surface area (Å²) in [5.41, 5.74) is 2.67. The first-order valence-electron chi connectivity index (χ1n) is 8.68. The van der Waals surface area contributed by atoms with Crippen molar-refractivity contribution in [1.82, 2.24) is 10.6 Å². The van der Waals surface area contributed by atoms with Gasteiger partial charge in [0.15, 0.2) is 5.96 Å². The van der Waals surface area contributed by atoms with Gasteiger partial charge in [-0.05, 0) is 43.9 Å². The van der Waals surface area contributed by atoms with Crippen molar-refractivity contribution in [1.29, 1.82) is 0 Å². The summed E-state index contributed by atoms with van der Waals surface area (Å²) in [6, 6.07) is 6.50. The van der Waals surface area contributed by atoms with E-state index in [9.17, 15) is 0 Å². The van der Waals surface area contributed by atoms with E-state index in [1.807, 2.05) is 6.92 Å². The highest BCUT2D eigenvalue weighted by Crippen LogP contribution is 2.25. The predicted molar refractivity (Wildman–Crippen MR) is 94.4 cm³/mol. The van der Waals surface area contributed by atoms with Crippen LogP contribution in [-0.4, -0.2) is 45.4 Å². The summed E-state index contributed by atoms with van der Waals surface area (Å²) in [5, 5.41) is 6.67. The number of benzene rings is 1. The third-order valence-corrected chi connectivity index (χ3v) is 3.73. The van der Waals surface area contributed by atoms with Crippen LogP contribution < -0.4 is 15.4 Å². The van der Waals surface area contributed by atoms with Crippen molar-refractivity contribution in [3.05, 3.63) is 29.3 Å². The summed E-state index contributed by atoms with van der Waals surface area (Å²) in [7, 11) is 0. The third-order valence-electron chi connectivity index (χ3n) is 3.73. The van der Waals surface area contributed by atoms with Crippen LogP contribution in [0, 0.1) is 0 Å². The van der Waals surface area contributed by atoms with E-state index in [0.717, 1.165) is 70.4 Å². The van der Waals surface area contributed by atoms with E-state index in [-0.39, 0.29) is 0 Å². The van der Waals surface area contributed by atoms with Crippen LogP contribution in [0.5, 0.6) is 5.75 Å². The average Bonchev–Trinajstić information content (AvgIpc) is 3.02. The molecule has 0 saturated carbocycles. The molecule has 1 aliphatic heterocycles. The van der Waals surface area contributed by atoms with Gasteiger partial charge in [0.05, 0.1) is 6.61 Å². The van der Waals surface area contributed by atoms with Crippen LogP contribution >= 0.6 is 0 Å². The van der Waals surface area contributed by atoms with E-state index < -0.39 is 0 Å². The van der Waals surface area contributed by atoms with Gasteiger partial charge >= 0.3 is 0 Å². The largest absolute Gasteiger partial charge is 0.493 e. The maximum Gasteiger partial charge on any atom is 0.191 e. The summed E-state index contributed by atoms with van der Waals surface area (Å²) >= 11 is 0. The molecule has 5 heteroatoms. The predicted octanol–water partition coefficient (Wildman–Crippen LogP) is 2.15. The van der Waals surface area contributed by atoms with Crippen molar-refractivity contribution < 1.29 is 9.47 Å². The van der Waals surface area contributed by atoms with Gasteiger partial charge < -0.3 is 20.1 Å². The summed E-state index contributed by atoms with van der Waals surface area (Å²) in [6.45, 7) is 8.98. The molecule has 0 atom stereocenters. The maximum atomic E-state index is 5.55. The molecule has 0 fully saturated rings. The molecule has 1 heterocycles. The van der Waals surface area contributed by atoms with Gasteiger partial charge in [0, 0.05) is 39.3 Å². The van der Waals surface area contributed by atoms with E-state index in [2.05, 4.69) is 40.7 Å². The Morgan fingerprint density at radius 1 is 1.30 bits per heavy atom. The van der Waals surface area contributed by atoms with Crippen LogP contribution in [0.3, 0.4) is 0 Å². The van der Waals surface area contributed by atoms with Gasteiger partial charge in [-0.3, -0.25) is 4.99 Å². The highest BCUT2D eigenvalue weighted by molar-refractivity contribution is 5.79. The van der Waals surface area contributed by atoms with Crippen LogP contribution in [0.4, 0.5) is 0 Å². The van der Waals surface area contributed by atoms with Crippen LogP contribution in [0.15, 0.2) is 23.2 Å². The Morgan fingerprint density at radius 2 is 2.22 bits per heavy atom. The van der Waals surface area contributed by atoms with E-state index in [1.54, 1.807) is 0 Å². The van der Waals surface area contributed by atoms with Crippen LogP contribution in [0.2, 0.25) is 0 Å². The first-order valence-corrected chi connectivity index (χ1v) is 8.68.